The maximum absolute atomic E-state index is 15.2. The first-order chi connectivity index (χ1) is 25.2. The minimum Gasteiger partial charge on any atom is -0.508 e. The predicted molar refractivity (Wildman–Crippen MR) is 208 cm³/mol. The molecule has 0 atom stereocenters. The summed E-state index contributed by atoms with van der Waals surface area (Å²) in [7, 11) is 0. The van der Waals surface area contributed by atoms with Crippen LogP contribution >= 0.6 is 0 Å². The molecule has 52 heavy (non-hydrogen) atoms. The number of phenolic OH excluding ortho intramolecular Hbond substituents is 1. The first kappa shape index (κ1) is 35.1. The third-order valence-corrected chi connectivity index (χ3v) is 13.2. The van der Waals surface area contributed by atoms with Gasteiger partial charge in [0.25, 0.3) is 5.91 Å². The average Bonchev–Trinajstić information content (AvgIpc) is 3.89. The maximum atomic E-state index is 15.2. The van der Waals surface area contributed by atoms with Gasteiger partial charge in [0, 0.05) is 67.1 Å². The lowest BCUT2D eigenvalue weighted by Crippen LogP contribution is -2.40. The minimum atomic E-state index is -0.205. The number of hydrogen-bond donors (Lipinski definition) is 2. The van der Waals surface area contributed by atoms with Gasteiger partial charge in [0.05, 0.1) is 30.2 Å². The molecular formula is C42H56FN7O2. The molecule has 10 heteroatoms. The highest BCUT2D eigenvalue weighted by atomic mass is 19.1. The Labute approximate surface area is 308 Å². The summed E-state index contributed by atoms with van der Waals surface area (Å²) >= 11 is 0. The van der Waals surface area contributed by atoms with Crippen LogP contribution in [0.4, 0.5) is 10.1 Å². The van der Waals surface area contributed by atoms with Crippen LogP contribution < -0.4 is 10.6 Å². The lowest BCUT2D eigenvalue weighted by Gasteiger charge is -2.36. The molecule has 0 aromatic heterocycles. The highest BCUT2D eigenvalue weighted by Gasteiger charge is 2.45. The van der Waals surface area contributed by atoms with Gasteiger partial charge in [-0.15, -0.1) is 0 Å². The van der Waals surface area contributed by atoms with Gasteiger partial charge in [-0.3, -0.25) is 19.7 Å². The Bertz CT molecular complexity index is 1830. The van der Waals surface area contributed by atoms with Crippen LogP contribution in [0.25, 0.3) is 10.8 Å². The van der Waals surface area contributed by atoms with Crippen LogP contribution in [0, 0.1) is 11.7 Å². The molecule has 278 valence electrons. The first-order valence-corrected chi connectivity index (χ1v) is 20.0. The van der Waals surface area contributed by atoms with Gasteiger partial charge in [0.15, 0.2) is 0 Å². The minimum absolute atomic E-state index is 0.0520. The van der Waals surface area contributed by atoms with Crippen molar-refractivity contribution in [1.29, 1.82) is 0 Å². The standard InChI is InChI=1S/C42H56FN7O2/c1-3-34-36(43)9-8-30-22-33(51)24-39(40(30)34)48-19-10-35(38(27-48)46-14-4-11-42-12-5-17-49(42)18-6-13-42)28(2)47-16-7-15-45-31(26-47)23-37(44)41(52)50-25-29-20-32(50)21-29/h8-9,22-24,29,32,51H,3-7,10-21,25-27,44H2,1-2H3/b35-28+,37-23-,46-38?. The maximum Gasteiger partial charge on any atom is 0.270 e. The number of aliphatic imine (C=N–C) groups is 2. The summed E-state index contributed by atoms with van der Waals surface area (Å²) < 4.78 is 15.2. The van der Waals surface area contributed by atoms with Gasteiger partial charge in [0.1, 0.15) is 11.6 Å². The molecule has 6 fully saturated rings. The van der Waals surface area contributed by atoms with E-state index in [0.717, 1.165) is 86.2 Å². The van der Waals surface area contributed by atoms with Gasteiger partial charge >= 0.3 is 0 Å². The number of amides is 1. The zero-order valence-electron chi connectivity index (χ0n) is 31.2. The Kier molecular flexibility index (Phi) is 9.78. The van der Waals surface area contributed by atoms with E-state index in [0.29, 0.717) is 49.1 Å². The Morgan fingerprint density at radius 2 is 1.92 bits per heavy atom. The van der Waals surface area contributed by atoms with Crippen molar-refractivity contribution in [3.63, 3.8) is 0 Å². The molecule has 2 aromatic carbocycles. The number of nitrogens with zero attached hydrogens (tertiary/aromatic N) is 6. The smallest absolute Gasteiger partial charge is 0.270 e. The van der Waals surface area contributed by atoms with Crippen molar-refractivity contribution in [3.8, 4) is 5.75 Å². The van der Waals surface area contributed by atoms with Crippen molar-refractivity contribution < 1.29 is 14.3 Å². The molecule has 2 aromatic rings. The van der Waals surface area contributed by atoms with Gasteiger partial charge in [0.2, 0.25) is 0 Å². The fourth-order valence-electron chi connectivity index (χ4n) is 10.4. The number of hydrogen-bond acceptors (Lipinski definition) is 8. The normalized spacial score (nSPS) is 26.5. The topological polar surface area (TPSA) is 101 Å². The van der Waals surface area contributed by atoms with Crippen LogP contribution in [0.5, 0.6) is 5.75 Å². The zero-order chi connectivity index (χ0) is 36.0. The van der Waals surface area contributed by atoms with Crippen molar-refractivity contribution in [2.24, 2.45) is 21.6 Å². The molecule has 6 aliphatic heterocycles. The number of fused-ring (bicyclic) bond motifs is 3. The SMILES string of the molecule is CCc1c(F)ccc2cc(O)cc(N3CC/C(=C(/C)N4CCCN=C(/C=C(\N)C(=O)N5CC6CC5C6)C4)C(=NCCCC45CCCN4CCC5)C3)c12. The van der Waals surface area contributed by atoms with E-state index in [1.165, 1.54) is 62.5 Å². The Hall–Kier alpha value is -3.92. The second-order valence-electron chi connectivity index (χ2n) is 16.2. The van der Waals surface area contributed by atoms with Crippen molar-refractivity contribution in [2.45, 2.75) is 96.1 Å². The zero-order valence-corrected chi connectivity index (χ0v) is 31.2. The van der Waals surface area contributed by atoms with Gasteiger partial charge in [-0.05, 0) is 131 Å². The number of benzene rings is 2. The number of halogens is 1. The molecule has 7 aliphatic rings. The molecule has 1 saturated carbocycles. The second kappa shape index (κ2) is 14.5. The number of anilines is 1. The lowest BCUT2D eigenvalue weighted by molar-refractivity contribution is -0.127. The monoisotopic (exact) mass is 709 g/mol. The number of nitrogens with two attached hydrogens (primary N) is 1. The first-order valence-electron chi connectivity index (χ1n) is 20.0. The molecule has 5 saturated heterocycles. The van der Waals surface area contributed by atoms with E-state index in [1.54, 1.807) is 18.2 Å². The van der Waals surface area contributed by atoms with Crippen LogP contribution in [0.15, 0.2) is 57.3 Å². The fraction of sp³-hybridized carbons (Fsp3) is 0.595. The average molecular weight is 710 g/mol. The summed E-state index contributed by atoms with van der Waals surface area (Å²) in [6, 6.07) is 7.18. The molecule has 0 unspecified atom stereocenters. The number of rotatable bonds is 9. The Balaban J connectivity index is 1.07. The third kappa shape index (κ3) is 6.60. The van der Waals surface area contributed by atoms with Crippen LogP contribution in [0.2, 0.25) is 0 Å². The molecule has 6 heterocycles. The highest BCUT2D eigenvalue weighted by molar-refractivity contribution is 6.08. The predicted octanol–water partition coefficient (Wildman–Crippen LogP) is 6.19. The van der Waals surface area contributed by atoms with E-state index in [-0.39, 0.29) is 23.2 Å². The fourth-order valence-corrected chi connectivity index (χ4v) is 10.4. The van der Waals surface area contributed by atoms with Crippen LogP contribution in [-0.4, -0.2) is 108 Å². The number of allylic oxidation sites excluding steroid dienone is 1. The van der Waals surface area contributed by atoms with Crippen LogP contribution in [0.1, 0.15) is 83.6 Å². The Morgan fingerprint density at radius 3 is 2.67 bits per heavy atom. The Morgan fingerprint density at radius 1 is 1.12 bits per heavy atom. The molecule has 9 rings (SSSR count). The largest absolute Gasteiger partial charge is 0.508 e. The number of piperidine rings is 1. The van der Waals surface area contributed by atoms with Crippen LogP contribution in [0.3, 0.4) is 0 Å². The van der Waals surface area contributed by atoms with Gasteiger partial charge in [-0.1, -0.05) is 13.0 Å². The number of carbonyl (C=O) groups excluding carboxylic acids is 1. The molecule has 1 aliphatic carbocycles. The summed E-state index contributed by atoms with van der Waals surface area (Å²) in [5, 5.41) is 12.5. The number of aromatic hydroxyl groups is 1. The molecule has 3 N–H and O–H groups in total. The molecular weight excluding hydrogens is 654 g/mol. The summed E-state index contributed by atoms with van der Waals surface area (Å²) in [6.45, 7) is 11.8. The van der Waals surface area contributed by atoms with Gasteiger partial charge in [-0.2, -0.15) is 0 Å². The summed E-state index contributed by atoms with van der Waals surface area (Å²) in [4.78, 5) is 32.8. The van der Waals surface area contributed by atoms with E-state index >= 15 is 4.39 Å². The highest BCUT2D eigenvalue weighted by Crippen LogP contribution is 2.43. The van der Waals surface area contributed by atoms with Crippen molar-refractivity contribution in [3.05, 3.63) is 58.7 Å². The van der Waals surface area contributed by atoms with E-state index in [1.807, 2.05) is 17.9 Å². The molecule has 2 bridgehead atoms. The molecule has 0 radical (unpaired) electrons. The summed E-state index contributed by atoms with van der Waals surface area (Å²) in [5.74, 6) is 0.575. The number of carbonyl (C=O) groups is 1. The quantitative estimate of drug-likeness (QED) is 0.238. The van der Waals surface area contributed by atoms with Crippen molar-refractivity contribution in [1.82, 2.24) is 14.7 Å². The van der Waals surface area contributed by atoms with E-state index in [4.69, 9.17) is 15.7 Å². The summed E-state index contributed by atoms with van der Waals surface area (Å²) in [6.07, 6.45) is 13.8. The number of aryl methyl sites for hydroxylation is 1. The molecule has 1 amide bonds. The van der Waals surface area contributed by atoms with E-state index in [9.17, 15) is 9.90 Å². The lowest BCUT2D eigenvalue weighted by atomic mass is 9.86. The van der Waals surface area contributed by atoms with Crippen LogP contribution in [-0.2, 0) is 11.2 Å². The molecule has 9 nitrogen and oxygen atoms in total. The third-order valence-electron chi connectivity index (χ3n) is 13.2. The van der Waals surface area contributed by atoms with E-state index < -0.39 is 0 Å². The van der Waals surface area contributed by atoms with E-state index in [2.05, 4.69) is 21.6 Å². The van der Waals surface area contributed by atoms with Gasteiger partial charge < -0.3 is 25.5 Å². The van der Waals surface area contributed by atoms with Gasteiger partial charge in [-0.25, -0.2) is 4.39 Å². The number of phenols is 1. The van der Waals surface area contributed by atoms with Crippen molar-refractivity contribution in [2.75, 3.05) is 63.8 Å². The van der Waals surface area contributed by atoms with Crippen molar-refractivity contribution >= 4 is 33.8 Å². The second-order valence-corrected chi connectivity index (χ2v) is 16.2. The summed E-state index contributed by atoms with van der Waals surface area (Å²) in [5.41, 5.74) is 13.0. The molecule has 0 spiro atoms.